The first-order chi connectivity index (χ1) is 11.7. The number of aromatic nitrogens is 1. The van der Waals surface area contributed by atoms with Gasteiger partial charge in [0.2, 0.25) is 5.91 Å². The Morgan fingerprint density at radius 3 is 2.75 bits per heavy atom. The minimum atomic E-state index is -0.299. The van der Waals surface area contributed by atoms with E-state index < -0.39 is 0 Å². The van der Waals surface area contributed by atoms with Gasteiger partial charge in [0.25, 0.3) is 5.91 Å². The highest BCUT2D eigenvalue weighted by Gasteiger charge is 2.26. The largest absolute Gasteiger partial charge is 0.361 e. The Bertz CT molecular complexity index is 732. The average Bonchev–Trinajstić information content (AvgIpc) is 3.16. The summed E-state index contributed by atoms with van der Waals surface area (Å²) in [5, 5.41) is 6.41. The highest BCUT2D eigenvalue weighted by molar-refractivity contribution is 6.00. The number of benzene rings is 1. The highest BCUT2D eigenvalue weighted by atomic mass is 16.5. The molecular formula is C18H19N3O3. The Hall–Kier alpha value is -2.89. The van der Waals surface area contributed by atoms with E-state index in [0.717, 1.165) is 18.6 Å². The summed E-state index contributed by atoms with van der Waals surface area (Å²) in [5.74, 6) is 0.874. The standard InChI is InChI=1S/C18H19N3O3/c1-2-17(22)20-15-5-3-4-14(12-15)18(23)21-10-7-13(8-11-21)16-6-9-19-24-16/h2-6,9,12-13H,1,7-8,10-11H2,(H,20,22). The van der Waals surface area contributed by atoms with Gasteiger partial charge in [-0.25, -0.2) is 0 Å². The molecule has 1 aliphatic heterocycles. The van der Waals surface area contributed by atoms with Gasteiger partial charge < -0.3 is 14.7 Å². The molecule has 6 nitrogen and oxygen atoms in total. The van der Waals surface area contributed by atoms with E-state index in [0.29, 0.717) is 30.3 Å². The summed E-state index contributed by atoms with van der Waals surface area (Å²) in [6.45, 7) is 4.76. The third-order valence-corrected chi connectivity index (χ3v) is 4.20. The van der Waals surface area contributed by atoms with Crippen LogP contribution in [0.2, 0.25) is 0 Å². The summed E-state index contributed by atoms with van der Waals surface area (Å²) in [4.78, 5) is 25.9. The third-order valence-electron chi connectivity index (χ3n) is 4.20. The first kappa shape index (κ1) is 16.0. The van der Waals surface area contributed by atoms with Crippen molar-refractivity contribution < 1.29 is 14.1 Å². The van der Waals surface area contributed by atoms with Gasteiger partial charge in [-0.15, -0.1) is 0 Å². The van der Waals surface area contributed by atoms with Crippen LogP contribution in [0.1, 0.15) is 34.9 Å². The second-order valence-corrected chi connectivity index (χ2v) is 5.76. The molecule has 2 aromatic rings. The second kappa shape index (κ2) is 7.12. The van der Waals surface area contributed by atoms with Gasteiger partial charge in [-0.1, -0.05) is 17.8 Å². The fourth-order valence-corrected chi connectivity index (χ4v) is 2.91. The van der Waals surface area contributed by atoms with E-state index >= 15 is 0 Å². The molecule has 1 fully saturated rings. The van der Waals surface area contributed by atoms with E-state index in [2.05, 4.69) is 17.1 Å². The molecule has 0 radical (unpaired) electrons. The van der Waals surface area contributed by atoms with Gasteiger partial charge >= 0.3 is 0 Å². The number of carbonyl (C=O) groups excluding carboxylic acids is 2. The van der Waals surface area contributed by atoms with Crippen LogP contribution in [-0.4, -0.2) is 35.0 Å². The highest BCUT2D eigenvalue weighted by Crippen LogP contribution is 2.28. The van der Waals surface area contributed by atoms with E-state index in [9.17, 15) is 9.59 Å². The lowest BCUT2D eigenvalue weighted by Crippen LogP contribution is -2.37. The van der Waals surface area contributed by atoms with Crippen molar-refractivity contribution in [2.75, 3.05) is 18.4 Å². The molecule has 1 aromatic heterocycles. The van der Waals surface area contributed by atoms with Crippen molar-refractivity contribution >= 4 is 17.5 Å². The lowest BCUT2D eigenvalue weighted by Gasteiger charge is -2.31. The van der Waals surface area contributed by atoms with Crippen molar-refractivity contribution in [3.63, 3.8) is 0 Å². The topological polar surface area (TPSA) is 75.4 Å². The van der Waals surface area contributed by atoms with Gasteiger partial charge in [0.15, 0.2) is 0 Å². The minimum absolute atomic E-state index is 0.0271. The maximum absolute atomic E-state index is 12.7. The number of rotatable bonds is 4. The number of piperidine rings is 1. The van der Waals surface area contributed by atoms with Crippen LogP contribution in [0.15, 0.2) is 53.7 Å². The number of nitrogens with zero attached hydrogens (tertiary/aromatic N) is 2. The summed E-state index contributed by atoms with van der Waals surface area (Å²) in [7, 11) is 0. The summed E-state index contributed by atoms with van der Waals surface area (Å²) < 4.78 is 5.21. The molecule has 24 heavy (non-hydrogen) atoms. The molecule has 2 heterocycles. The Labute approximate surface area is 140 Å². The maximum Gasteiger partial charge on any atom is 0.253 e. The van der Waals surface area contributed by atoms with Crippen LogP contribution in [0.5, 0.6) is 0 Å². The van der Waals surface area contributed by atoms with Gasteiger partial charge in [0.1, 0.15) is 5.76 Å². The fourth-order valence-electron chi connectivity index (χ4n) is 2.91. The predicted molar refractivity (Wildman–Crippen MR) is 89.7 cm³/mol. The number of amides is 2. The molecule has 1 aromatic carbocycles. The molecule has 6 heteroatoms. The minimum Gasteiger partial charge on any atom is -0.361 e. The van der Waals surface area contributed by atoms with Crippen LogP contribution in [0.4, 0.5) is 5.69 Å². The molecule has 1 saturated heterocycles. The zero-order valence-electron chi connectivity index (χ0n) is 13.3. The van der Waals surface area contributed by atoms with Crippen LogP contribution >= 0.6 is 0 Å². The first-order valence-corrected chi connectivity index (χ1v) is 7.90. The van der Waals surface area contributed by atoms with Crippen LogP contribution in [0.25, 0.3) is 0 Å². The van der Waals surface area contributed by atoms with E-state index in [1.165, 1.54) is 6.08 Å². The van der Waals surface area contributed by atoms with E-state index in [-0.39, 0.29) is 11.8 Å². The van der Waals surface area contributed by atoms with Crippen LogP contribution < -0.4 is 5.32 Å². The predicted octanol–water partition coefficient (Wildman–Crippen LogP) is 2.82. The molecule has 2 amide bonds. The zero-order valence-corrected chi connectivity index (χ0v) is 13.3. The molecule has 0 bridgehead atoms. The molecule has 0 spiro atoms. The van der Waals surface area contributed by atoms with E-state index in [4.69, 9.17) is 4.52 Å². The van der Waals surface area contributed by atoms with Crippen LogP contribution in [0, 0.1) is 0 Å². The van der Waals surface area contributed by atoms with Crippen molar-refractivity contribution in [2.45, 2.75) is 18.8 Å². The molecule has 0 atom stereocenters. The first-order valence-electron chi connectivity index (χ1n) is 7.90. The third kappa shape index (κ3) is 3.53. The van der Waals surface area contributed by atoms with Gasteiger partial charge in [0, 0.05) is 36.3 Å². The monoisotopic (exact) mass is 325 g/mol. The molecule has 1 N–H and O–H groups in total. The fraction of sp³-hybridized carbons (Fsp3) is 0.278. The molecule has 1 aliphatic rings. The molecule has 0 unspecified atom stereocenters. The van der Waals surface area contributed by atoms with Gasteiger partial charge in [-0.3, -0.25) is 9.59 Å². The van der Waals surface area contributed by atoms with Crippen molar-refractivity contribution in [2.24, 2.45) is 0 Å². The maximum atomic E-state index is 12.7. The van der Waals surface area contributed by atoms with Crippen molar-refractivity contribution in [1.82, 2.24) is 10.1 Å². The van der Waals surface area contributed by atoms with E-state index in [1.807, 2.05) is 11.0 Å². The number of hydrogen-bond donors (Lipinski definition) is 1. The Kier molecular flexibility index (Phi) is 4.74. The quantitative estimate of drug-likeness (QED) is 0.877. The van der Waals surface area contributed by atoms with E-state index in [1.54, 1.807) is 30.5 Å². The lowest BCUT2D eigenvalue weighted by molar-refractivity contribution is -0.111. The Morgan fingerprint density at radius 2 is 2.08 bits per heavy atom. The van der Waals surface area contributed by atoms with Crippen molar-refractivity contribution in [3.8, 4) is 0 Å². The number of carbonyl (C=O) groups is 2. The van der Waals surface area contributed by atoms with Crippen molar-refractivity contribution in [3.05, 3.63) is 60.5 Å². The van der Waals surface area contributed by atoms with Crippen LogP contribution in [0.3, 0.4) is 0 Å². The van der Waals surface area contributed by atoms with Crippen LogP contribution in [-0.2, 0) is 4.79 Å². The number of anilines is 1. The molecule has 124 valence electrons. The normalized spacial score (nSPS) is 15.1. The molecule has 0 saturated carbocycles. The summed E-state index contributed by atoms with van der Waals surface area (Å²) in [6.07, 6.45) is 4.56. The summed E-state index contributed by atoms with van der Waals surface area (Å²) in [5.41, 5.74) is 1.15. The second-order valence-electron chi connectivity index (χ2n) is 5.76. The van der Waals surface area contributed by atoms with Crippen molar-refractivity contribution in [1.29, 1.82) is 0 Å². The number of nitrogens with one attached hydrogen (secondary N) is 1. The van der Waals surface area contributed by atoms with Gasteiger partial charge in [-0.05, 0) is 37.1 Å². The number of hydrogen-bond acceptors (Lipinski definition) is 4. The SMILES string of the molecule is C=CC(=O)Nc1cccc(C(=O)N2CCC(c3ccno3)CC2)c1. The average molecular weight is 325 g/mol. The molecular weight excluding hydrogens is 306 g/mol. The summed E-state index contributed by atoms with van der Waals surface area (Å²) >= 11 is 0. The molecule has 0 aliphatic carbocycles. The summed E-state index contributed by atoms with van der Waals surface area (Å²) in [6, 6.07) is 8.83. The van der Waals surface area contributed by atoms with Gasteiger partial charge in [-0.2, -0.15) is 0 Å². The Morgan fingerprint density at radius 1 is 1.29 bits per heavy atom. The smallest absolute Gasteiger partial charge is 0.253 e. The van der Waals surface area contributed by atoms with Gasteiger partial charge in [0.05, 0.1) is 6.20 Å². The zero-order chi connectivity index (χ0) is 16.9. The Balaban J connectivity index is 1.64. The molecule has 3 rings (SSSR count). The lowest BCUT2D eigenvalue weighted by atomic mass is 9.94. The number of likely N-dealkylation sites (tertiary alicyclic amines) is 1.